The Morgan fingerprint density at radius 3 is 2.48 bits per heavy atom. The third kappa shape index (κ3) is 5.46. The molecule has 132 valence electrons. The molecule has 2 rings (SSSR count). The number of rotatable bonds is 6. The minimum absolute atomic E-state index is 0.00173. The van der Waals surface area contributed by atoms with E-state index < -0.39 is 11.9 Å². The summed E-state index contributed by atoms with van der Waals surface area (Å²) in [5.41, 5.74) is 1.10. The number of hydrogen-bond acceptors (Lipinski definition) is 3. The van der Waals surface area contributed by atoms with Gasteiger partial charge in [-0.3, -0.25) is 9.59 Å². The molecule has 0 bridgehead atoms. The third-order valence-electron chi connectivity index (χ3n) is 3.48. The Labute approximate surface area is 150 Å². The molecule has 2 amide bonds. The Bertz CT molecular complexity index is 765. The number of hydrogen-bond donors (Lipinski definition) is 2. The fraction of sp³-hybridized carbons (Fsp3) is 0.222. The van der Waals surface area contributed by atoms with Gasteiger partial charge in [0.2, 0.25) is 11.8 Å². The summed E-state index contributed by atoms with van der Waals surface area (Å²) in [5.74, 6) is -0.853. The summed E-state index contributed by atoms with van der Waals surface area (Å²) in [5, 5.41) is 5.96. The average molecular weight is 365 g/mol. The number of carbonyl (C=O) groups excluding carboxylic acids is 2. The SMILES string of the molecule is COc1cc(F)ccc1NC(=O)CC(NC(C)=O)c1ccc(Cl)cc1. The highest BCUT2D eigenvalue weighted by molar-refractivity contribution is 6.30. The smallest absolute Gasteiger partial charge is 0.226 e. The molecule has 2 aromatic carbocycles. The topological polar surface area (TPSA) is 67.4 Å². The van der Waals surface area contributed by atoms with Gasteiger partial charge in [0.25, 0.3) is 0 Å². The number of halogens is 2. The fourth-order valence-corrected chi connectivity index (χ4v) is 2.47. The van der Waals surface area contributed by atoms with Crippen LogP contribution in [0, 0.1) is 5.82 Å². The molecule has 2 N–H and O–H groups in total. The van der Waals surface area contributed by atoms with Crippen LogP contribution in [0.2, 0.25) is 5.02 Å². The summed E-state index contributed by atoms with van der Waals surface area (Å²) in [4.78, 5) is 23.8. The lowest BCUT2D eigenvalue weighted by Crippen LogP contribution is -2.29. The summed E-state index contributed by atoms with van der Waals surface area (Å²) in [6.45, 7) is 1.38. The van der Waals surface area contributed by atoms with Crippen LogP contribution in [-0.2, 0) is 9.59 Å². The van der Waals surface area contributed by atoms with Gasteiger partial charge in [-0.1, -0.05) is 23.7 Å². The van der Waals surface area contributed by atoms with Crippen LogP contribution in [0.4, 0.5) is 10.1 Å². The number of ether oxygens (including phenoxy) is 1. The number of amides is 2. The van der Waals surface area contributed by atoms with Crippen molar-refractivity contribution in [1.82, 2.24) is 5.32 Å². The van der Waals surface area contributed by atoms with E-state index in [1.807, 2.05) is 0 Å². The summed E-state index contributed by atoms with van der Waals surface area (Å²) < 4.78 is 18.3. The normalized spacial score (nSPS) is 11.5. The molecule has 0 heterocycles. The van der Waals surface area contributed by atoms with Crippen molar-refractivity contribution in [2.24, 2.45) is 0 Å². The lowest BCUT2D eigenvalue weighted by Gasteiger charge is -2.18. The van der Waals surface area contributed by atoms with E-state index in [-0.39, 0.29) is 24.0 Å². The number of benzene rings is 2. The van der Waals surface area contributed by atoms with Crippen LogP contribution >= 0.6 is 11.6 Å². The molecule has 0 radical (unpaired) electrons. The molecule has 0 aliphatic rings. The van der Waals surface area contributed by atoms with Crippen molar-refractivity contribution in [2.75, 3.05) is 12.4 Å². The van der Waals surface area contributed by atoms with Gasteiger partial charge in [-0.05, 0) is 29.8 Å². The molecule has 25 heavy (non-hydrogen) atoms. The molecule has 0 aliphatic carbocycles. The second-order valence-electron chi connectivity index (χ2n) is 5.40. The van der Waals surface area contributed by atoms with Crippen LogP contribution in [0.5, 0.6) is 5.75 Å². The van der Waals surface area contributed by atoms with Crippen LogP contribution in [0.1, 0.15) is 24.9 Å². The first-order valence-corrected chi connectivity index (χ1v) is 7.93. The Balaban J connectivity index is 2.14. The summed E-state index contributed by atoms with van der Waals surface area (Å²) in [6, 6.07) is 10.2. The van der Waals surface area contributed by atoms with Crippen molar-refractivity contribution in [1.29, 1.82) is 0 Å². The second kappa shape index (κ2) is 8.48. The quantitative estimate of drug-likeness (QED) is 0.821. The standard InChI is InChI=1S/C18H18ClFN2O3/c1-11(23)21-16(12-3-5-13(19)6-4-12)10-18(24)22-15-8-7-14(20)9-17(15)25-2/h3-9,16H,10H2,1-2H3,(H,21,23)(H,22,24). The number of nitrogens with one attached hydrogen (secondary N) is 2. The van der Waals surface area contributed by atoms with Gasteiger partial charge in [0.05, 0.1) is 25.3 Å². The molecule has 7 heteroatoms. The van der Waals surface area contributed by atoms with Crippen molar-refractivity contribution < 1.29 is 18.7 Å². The maximum Gasteiger partial charge on any atom is 0.226 e. The van der Waals surface area contributed by atoms with Gasteiger partial charge in [-0.25, -0.2) is 4.39 Å². The molecule has 0 spiro atoms. The van der Waals surface area contributed by atoms with E-state index in [2.05, 4.69) is 10.6 Å². The number of anilines is 1. The molecule has 1 atom stereocenters. The van der Waals surface area contributed by atoms with Crippen LogP contribution < -0.4 is 15.4 Å². The molecular formula is C18H18ClFN2O3. The van der Waals surface area contributed by atoms with Gasteiger partial charge >= 0.3 is 0 Å². The van der Waals surface area contributed by atoms with E-state index in [1.165, 1.54) is 32.2 Å². The van der Waals surface area contributed by atoms with Crippen LogP contribution in [-0.4, -0.2) is 18.9 Å². The van der Waals surface area contributed by atoms with E-state index in [0.29, 0.717) is 10.7 Å². The van der Waals surface area contributed by atoms with E-state index >= 15 is 0 Å². The Hall–Kier alpha value is -2.60. The molecule has 5 nitrogen and oxygen atoms in total. The number of carbonyl (C=O) groups is 2. The first kappa shape index (κ1) is 18.7. The van der Waals surface area contributed by atoms with Gasteiger partial charge in [-0.2, -0.15) is 0 Å². The van der Waals surface area contributed by atoms with Crippen molar-refractivity contribution in [3.8, 4) is 5.75 Å². The highest BCUT2D eigenvalue weighted by Gasteiger charge is 2.18. The number of methoxy groups -OCH3 is 1. The van der Waals surface area contributed by atoms with Crippen LogP contribution in [0.3, 0.4) is 0 Å². The fourth-order valence-electron chi connectivity index (χ4n) is 2.35. The maximum absolute atomic E-state index is 13.2. The first-order chi connectivity index (χ1) is 11.9. The second-order valence-corrected chi connectivity index (χ2v) is 5.84. The highest BCUT2D eigenvalue weighted by atomic mass is 35.5. The third-order valence-corrected chi connectivity index (χ3v) is 3.73. The molecule has 1 unspecified atom stereocenters. The van der Waals surface area contributed by atoms with E-state index in [1.54, 1.807) is 24.3 Å². The molecule has 0 fully saturated rings. The van der Waals surface area contributed by atoms with Crippen molar-refractivity contribution in [3.05, 3.63) is 58.9 Å². The van der Waals surface area contributed by atoms with E-state index in [0.717, 1.165) is 5.56 Å². The lowest BCUT2D eigenvalue weighted by atomic mass is 10.0. The predicted molar refractivity (Wildman–Crippen MR) is 94.2 cm³/mol. The van der Waals surface area contributed by atoms with Gasteiger partial charge in [0.1, 0.15) is 11.6 Å². The molecular weight excluding hydrogens is 347 g/mol. The van der Waals surface area contributed by atoms with Crippen LogP contribution in [0.15, 0.2) is 42.5 Å². The monoisotopic (exact) mass is 364 g/mol. The molecule has 0 saturated heterocycles. The zero-order valence-corrected chi connectivity index (χ0v) is 14.6. The molecule has 0 aliphatic heterocycles. The Morgan fingerprint density at radius 1 is 1.20 bits per heavy atom. The Kier molecular flexibility index (Phi) is 6.36. The highest BCUT2D eigenvalue weighted by Crippen LogP contribution is 2.26. The van der Waals surface area contributed by atoms with Crippen molar-refractivity contribution in [2.45, 2.75) is 19.4 Å². The summed E-state index contributed by atoms with van der Waals surface area (Å²) in [7, 11) is 1.39. The largest absolute Gasteiger partial charge is 0.494 e. The van der Waals surface area contributed by atoms with E-state index in [9.17, 15) is 14.0 Å². The minimum atomic E-state index is -0.513. The van der Waals surface area contributed by atoms with E-state index in [4.69, 9.17) is 16.3 Å². The molecule has 0 saturated carbocycles. The van der Waals surface area contributed by atoms with Gasteiger partial charge < -0.3 is 15.4 Å². The average Bonchev–Trinajstić information content (AvgIpc) is 2.56. The van der Waals surface area contributed by atoms with Crippen molar-refractivity contribution >= 4 is 29.1 Å². The Morgan fingerprint density at radius 2 is 1.88 bits per heavy atom. The minimum Gasteiger partial charge on any atom is -0.494 e. The van der Waals surface area contributed by atoms with Crippen LogP contribution in [0.25, 0.3) is 0 Å². The summed E-state index contributed by atoms with van der Waals surface area (Å²) >= 11 is 5.87. The lowest BCUT2D eigenvalue weighted by molar-refractivity contribution is -0.120. The molecule has 2 aromatic rings. The zero-order valence-electron chi connectivity index (χ0n) is 13.8. The first-order valence-electron chi connectivity index (χ1n) is 7.55. The van der Waals surface area contributed by atoms with Gasteiger partial charge in [0.15, 0.2) is 0 Å². The maximum atomic E-state index is 13.2. The van der Waals surface area contributed by atoms with Gasteiger partial charge in [-0.15, -0.1) is 0 Å². The molecule has 0 aromatic heterocycles. The summed E-state index contributed by atoms with van der Waals surface area (Å²) in [6.07, 6.45) is 0.00173. The zero-order chi connectivity index (χ0) is 18.4. The van der Waals surface area contributed by atoms with Gasteiger partial charge in [0, 0.05) is 18.0 Å². The predicted octanol–water partition coefficient (Wildman–Crippen LogP) is 3.69. The van der Waals surface area contributed by atoms with Crippen molar-refractivity contribution in [3.63, 3.8) is 0 Å².